The quantitative estimate of drug-likeness (QED) is 0.625. The first-order valence-electron chi connectivity index (χ1n) is 5.59. The van der Waals surface area contributed by atoms with Crippen LogP contribution in [0.3, 0.4) is 0 Å². The number of carbonyl (C=O) groups is 1. The van der Waals surface area contributed by atoms with E-state index in [4.69, 9.17) is 14.9 Å². The molecule has 0 amide bonds. The normalized spacial score (nSPS) is 13.2. The number of ether oxygens (including phenoxy) is 1. The van der Waals surface area contributed by atoms with Crippen LogP contribution in [-0.4, -0.2) is 29.4 Å². The number of aliphatic carboxylic acids is 1. The molecule has 0 spiro atoms. The van der Waals surface area contributed by atoms with Crippen molar-refractivity contribution in [3.05, 3.63) is 35.1 Å². The van der Waals surface area contributed by atoms with Gasteiger partial charge < -0.3 is 14.9 Å². The van der Waals surface area contributed by atoms with Crippen LogP contribution in [-0.2, 0) is 15.7 Å². The highest BCUT2D eigenvalue weighted by atomic mass is 19.4. The van der Waals surface area contributed by atoms with Gasteiger partial charge in [0, 0.05) is 6.61 Å². The van der Waals surface area contributed by atoms with Crippen LogP contribution in [0.1, 0.15) is 23.7 Å². The zero-order chi connectivity index (χ0) is 15.3. The molecule has 1 atom stereocenters. The molecule has 0 aliphatic heterocycles. The second kappa shape index (κ2) is 6.67. The lowest BCUT2D eigenvalue weighted by atomic mass is 10.0. The van der Waals surface area contributed by atoms with Crippen LogP contribution in [0.5, 0.6) is 0 Å². The number of carboxylic acids is 1. The smallest absolute Gasteiger partial charge is 0.419 e. The van der Waals surface area contributed by atoms with Crippen LogP contribution in [0.2, 0.25) is 0 Å². The fourth-order valence-corrected chi connectivity index (χ4v) is 1.50. The van der Waals surface area contributed by atoms with Crippen molar-refractivity contribution in [1.29, 1.82) is 0 Å². The van der Waals surface area contributed by atoms with Gasteiger partial charge in [-0.25, -0.2) is 9.18 Å². The maximum Gasteiger partial charge on any atom is 0.419 e. The van der Waals surface area contributed by atoms with Crippen LogP contribution in [0, 0.1) is 5.82 Å². The fourth-order valence-electron chi connectivity index (χ4n) is 1.50. The van der Waals surface area contributed by atoms with E-state index in [0.717, 1.165) is 6.07 Å². The van der Waals surface area contributed by atoms with Gasteiger partial charge in [0.1, 0.15) is 5.82 Å². The molecule has 1 unspecified atom stereocenters. The molecule has 0 aliphatic rings. The van der Waals surface area contributed by atoms with Crippen molar-refractivity contribution in [3.63, 3.8) is 0 Å². The lowest BCUT2D eigenvalue weighted by Gasteiger charge is -2.16. The third-order valence-corrected chi connectivity index (χ3v) is 2.41. The molecule has 2 N–H and O–H groups in total. The van der Waals surface area contributed by atoms with E-state index in [9.17, 15) is 22.4 Å². The Labute approximate surface area is 111 Å². The van der Waals surface area contributed by atoms with Crippen LogP contribution >= 0.6 is 0 Å². The van der Waals surface area contributed by atoms with E-state index >= 15 is 0 Å². The maximum absolute atomic E-state index is 13.1. The Morgan fingerprint density at radius 1 is 1.35 bits per heavy atom. The van der Waals surface area contributed by atoms with E-state index in [2.05, 4.69) is 0 Å². The average Bonchev–Trinajstić information content (AvgIpc) is 2.34. The van der Waals surface area contributed by atoms with Crippen molar-refractivity contribution in [1.82, 2.24) is 0 Å². The van der Waals surface area contributed by atoms with Crippen LogP contribution < -0.4 is 0 Å². The summed E-state index contributed by atoms with van der Waals surface area (Å²) in [5.41, 5.74) is -1.86. The molecule has 1 aromatic rings. The lowest BCUT2D eigenvalue weighted by Crippen LogP contribution is -2.18. The van der Waals surface area contributed by atoms with Gasteiger partial charge in [0.25, 0.3) is 0 Å². The molecule has 1 rings (SSSR count). The zero-order valence-electron chi connectivity index (χ0n) is 10.2. The van der Waals surface area contributed by atoms with E-state index in [1.165, 1.54) is 0 Å². The largest absolute Gasteiger partial charge is 0.479 e. The molecule has 0 heterocycles. The van der Waals surface area contributed by atoms with Crippen molar-refractivity contribution in [2.45, 2.75) is 18.7 Å². The molecular weight excluding hydrogens is 284 g/mol. The number of halogens is 4. The predicted molar refractivity (Wildman–Crippen MR) is 59.4 cm³/mol. The van der Waals surface area contributed by atoms with Gasteiger partial charge in [0.2, 0.25) is 0 Å². The highest BCUT2D eigenvalue weighted by Gasteiger charge is 2.35. The van der Waals surface area contributed by atoms with Crippen LogP contribution in [0.25, 0.3) is 0 Å². The first-order valence-corrected chi connectivity index (χ1v) is 5.59. The van der Waals surface area contributed by atoms with Gasteiger partial charge >= 0.3 is 12.1 Å². The van der Waals surface area contributed by atoms with E-state index in [1.807, 2.05) is 0 Å². The summed E-state index contributed by atoms with van der Waals surface area (Å²) in [6.45, 7) is -0.393. The first kappa shape index (κ1) is 16.4. The summed E-state index contributed by atoms with van der Waals surface area (Å²) in [5, 5.41) is 17.5. The Kier molecular flexibility index (Phi) is 5.46. The van der Waals surface area contributed by atoms with Gasteiger partial charge in [0.15, 0.2) is 6.10 Å². The summed E-state index contributed by atoms with van der Waals surface area (Å²) >= 11 is 0. The third-order valence-electron chi connectivity index (χ3n) is 2.41. The SMILES string of the molecule is O=C(O)C(OCCCO)c1ccc(F)c(C(F)(F)F)c1. The van der Waals surface area contributed by atoms with Crippen molar-refractivity contribution < 1.29 is 37.3 Å². The number of carboxylic acid groups (broad SMARTS) is 1. The zero-order valence-corrected chi connectivity index (χ0v) is 10.2. The number of hydrogen-bond acceptors (Lipinski definition) is 3. The summed E-state index contributed by atoms with van der Waals surface area (Å²) in [6.07, 6.45) is -6.44. The average molecular weight is 296 g/mol. The fraction of sp³-hybridized carbons (Fsp3) is 0.417. The van der Waals surface area contributed by atoms with Gasteiger partial charge in [-0.3, -0.25) is 0 Å². The molecular formula is C12H12F4O4. The Hall–Kier alpha value is -1.67. The topological polar surface area (TPSA) is 66.8 Å². The lowest BCUT2D eigenvalue weighted by molar-refractivity contribution is -0.151. The van der Waals surface area contributed by atoms with Gasteiger partial charge in [-0.1, -0.05) is 6.07 Å². The van der Waals surface area contributed by atoms with Crippen molar-refractivity contribution in [3.8, 4) is 0 Å². The number of alkyl halides is 3. The number of rotatable bonds is 6. The summed E-state index contributed by atoms with van der Waals surface area (Å²) < 4.78 is 55.6. The van der Waals surface area contributed by atoms with Gasteiger partial charge in [-0.2, -0.15) is 13.2 Å². The number of hydrogen-bond donors (Lipinski definition) is 2. The van der Waals surface area contributed by atoms with Gasteiger partial charge in [-0.15, -0.1) is 0 Å². The van der Waals surface area contributed by atoms with E-state index in [0.29, 0.717) is 12.1 Å². The van der Waals surface area contributed by atoms with E-state index in [1.54, 1.807) is 0 Å². The number of aliphatic hydroxyl groups is 1. The second-order valence-corrected chi connectivity index (χ2v) is 3.90. The minimum Gasteiger partial charge on any atom is -0.479 e. The van der Waals surface area contributed by atoms with E-state index in [-0.39, 0.29) is 25.2 Å². The van der Waals surface area contributed by atoms with E-state index < -0.39 is 29.6 Å². The molecule has 0 saturated carbocycles. The number of aliphatic hydroxyl groups excluding tert-OH is 1. The van der Waals surface area contributed by atoms with Crippen molar-refractivity contribution >= 4 is 5.97 Å². The molecule has 0 bridgehead atoms. The van der Waals surface area contributed by atoms with Gasteiger partial charge in [0.05, 0.1) is 12.2 Å². The standard InChI is InChI=1S/C12H12F4O4/c13-9-3-2-7(6-8(9)12(14,15)16)10(11(18)19)20-5-1-4-17/h2-3,6,10,17H,1,4-5H2,(H,18,19). The molecule has 4 nitrogen and oxygen atoms in total. The molecule has 20 heavy (non-hydrogen) atoms. The Morgan fingerprint density at radius 2 is 2.00 bits per heavy atom. The maximum atomic E-state index is 13.1. The monoisotopic (exact) mass is 296 g/mol. The highest BCUT2D eigenvalue weighted by molar-refractivity contribution is 5.74. The summed E-state index contributed by atoms with van der Waals surface area (Å²) in [4.78, 5) is 11.0. The first-order chi connectivity index (χ1) is 9.27. The Morgan fingerprint density at radius 3 is 2.50 bits per heavy atom. The molecule has 0 fully saturated rings. The molecule has 0 saturated heterocycles. The summed E-state index contributed by atoms with van der Waals surface area (Å²) in [6, 6.07) is 1.87. The molecule has 112 valence electrons. The summed E-state index contributed by atoms with van der Waals surface area (Å²) in [5.74, 6) is -2.98. The highest BCUT2D eigenvalue weighted by Crippen LogP contribution is 2.33. The molecule has 0 aromatic heterocycles. The Bertz CT molecular complexity index is 473. The van der Waals surface area contributed by atoms with Gasteiger partial charge in [-0.05, 0) is 24.1 Å². The van der Waals surface area contributed by atoms with Crippen LogP contribution in [0.4, 0.5) is 17.6 Å². The van der Waals surface area contributed by atoms with Crippen molar-refractivity contribution in [2.24, 2.45) is 0 Å². The molecule has 8 heteroatoms. The minimum atomic E-state index is -4.92. The molecule has 0 aliphatic carbocycles. The third kappa shape index (κ3) is 4.17. The van der Waals surface area contributed by atoms with Crippen LogP contribution in [0.15, 0.2) is 18.2 Å². The molecule has 0 radical (unpaired) electrons. The Balaban J connectivity index is 3.06. The minimum absolute atomic E-state index is 0.136. The van der Waals surface area contributed by atoms with Crippen molar-refractivity contribution in [2.75, 3.05) is 13.2 Å². The number of benzene rings is 1. The predicted octanol–water partition coefficient (Wildman–Crippen LogP) is 2.37. The summed E-state index contributed by atoms with van der Waals surface area (Å²) in [7, 11) is 0. The molecule has 1 aromatic carbocycles. The second-order valence-electron chi connectivity index (χ2n) is 3.90.